The highest BCUT2D eigenvalue weighted by Gasteiger charge is 2.26. The first kappa shape index (κ1) is 12.8. The number of ether oxygens (including phenoxy) is 1. The zero-order valence-electron chi connectivity index (χ0n) is 8.79. The standard InChI is InChI=1S/C10H8F2N2O3/c1-2-17-10(16)7-6(8(11)12)5(3-13)4-14-9(7)15/h4,8H,2H2,1H3,(H,14,15). The normalized spacial score (nSPS) is 10.1. The minimum absolute atomic E-state index is 0.0578. The first-order valence-corrected chi connectivity index (χ1v) is 4.63. The molecule has 0 saturated carbocycles. The molecule has 1 aromatic rings. The van der Waals surface area contributed by atoms with Crippen molar-refractivity contribution in [3.63, 3.8) is 0 Å². The number of hydrogen-bond donors (Lipinski definition) is 1. The van der Waals surface area contributed by atoms with E-state index < -0.39 is 34.6 Å². The van der Waals surface area contributed by atoms with Gasteiger partial charge in [-0.25, -0.2) is 13.6 Å². The van der Waals surface area contributed by atoms with Gasteiger partial charge in [-0.2, -0.15) is 5.26 Å². The van der Waals surface area contributed by atoms with Crippen LogP contribution in [-0.4, -0.2) is 17.6 Å². The number of alkyl halides is 2. The molecule has 17 heavy (non-hydrogen) atoms. The first-order chi connectivity index (χ1) is 8.02. The average molecular weight is 242 g/mol. The van der Waals surface area contributed by atoms with E-state index >= 15 is 0 Å². The summed E-state index contributed by atoms with van der Waals surface area (Å²) in [5.74, 6) is -1.17. The van der Waals surface area contributed by atoms with Crippen molar-refractivity contribution in [2.75, 3.05) is 6.61 Å². The summed E-state index contributed by atoms with van der Waals surface area (Å²) in [6.45, 7) is 1.42. The van der Waals surface area contributed by atoms with Gasteiger partial charge in [0.05, 0.1) is 17.7 Å². The van der Waals surface area contributed by atoms with Gasteiger partial charge in [0.25, 0.3) is 12.0 Å². The molecule has 1 aromatic heterocycles. The van der Waals surface area contributed by atoms with E-state index in [0.29, 0.717) is 0 Å². The van der Waals surface area contributed by atoms with Crippen LogP contribution in [-0.2, 0) is 4.74 Å². The second-order valence-corrected chi connectivity index (χ2v) is 2.95. The molecule has 0 fully saturated rings. The number of carbonyl (C=O) groups is 1. The van der Waals surface area contributed by atoms with Crippen molar-refractivity contribution in [2.24, 2.45) is 0 Å². The molecule has 0 saturated heterocycles. The number of aromatic nitrogens is 1. The zero-order chi connectivity index (χ0) is 13.0. The third-order valence-electron chi connectivity index (χ3n) is 1.95. The lowest BCUT2D eigenvalue weighted by molar-refractivity contribution is 0.0513. The quantitative estimate of drug-likeness (QED) is 0.811. The number of hydrogen-bond acceptors (Lipinski definition) is 4. The van der Waals surface area contributed by atoms with Crippen LogP contribution in [0.5, 0.6) is 0 Å². The molecule has 0 radical (unpaired) electrons. The maximum atomic E-state index is 12.7. The average Bonchev–Trinajstić information content (AvgIpc) is 2.28. The second-order valence-electron chi connectivity index (χ2n) is 2.95. The third kappa shape index (κ3) is 2.47. The Labute approximate surface area is 94.6 Å². The monoisotopic (exact) mass is 242 g/mol. The lowest BCUT2D eigenvalue weighted by Gasteiger charge is -2.08. The summed E-state index contributed by atoms with van der Waals surface area (Å²) >= 11 is 0. The number of halogens is 2. The van der Waals surface area contributed by atoms with Gasteiger partial charge in [-0.3, -0.25) is 4.79 Å². The molecule has 1 N–H and O–H groups in total. The van der Waals surface area contributed by atoms with Crippen LogP contribution < -0.4 is 5.56 Å². The summed E-state index contributed by atoms with van der Waals surface area (Å²) < 4.78 is 30.0. The summed E-state index contributed by atoms with van der Waals surface area (Å²) in [6.07, 6.45) is -2.27. The largest absolute Gasteiger partial charge is 0.462 e. The smallest absolute Gasteiger partial charge is 0.344 e. The summed E-state index contributed by atoms with van der Waals surface area (Å²) in [4.78, 5) is 24.7. The van der Waals surface area contributed by atoms with Crippen LogP contribution in [0.3, 0.4) is 0 Å². The van der Waals surface area contributed by atoms with Gasteiger partial charge < -0.3 is 9.72 Å². The summed E-state index contributed by atoms with van der Waals surface area (Å²) in [5, 5.41) is 8.64. The van der Waals surface area contributed by atoms with Crippen molar-refractivity contribution in [3.8, 4) is 6.07 Å². The molecule has 0 amide bonds. The van der Waals surface area contributed by atoms with Crippen LogP contribution in [0.15, 0.2) is 11.0 Å². The number of rotatable bonds is 3. The Bertz CT molecular complexity index is 531. The fourth-order valence-electron chi connectivity index (χ4n) is 1.27. The molecule has 0 aliphatic carbocycles. The fraction of sp³-hybridized carbons (Fsp3) is 0.300. The van der Waals surface area contributed by atoms with E-state index in [-0.39, 0.29) is 6.61 Å². The lowest BCUT2D eigenvalue weighted by Crippen LogP contribution is -2.23. The maximum absolute atomic E-state index is 12.7. The number of H-pyrrole nitrogens is 1. The number of aromatic amines is 1. The topological polar surface area (TPSA) is 82.9 Å². The molecule has 0 aliphatic heterocycles. The highest BCUT2D eigenvalue weighted by atomic mass is 19.3. The summed E-state index contributed by atoms with van der Waals surface area (Å²) in [7, 11) is 0. The van der Waals surface area contributed by atoms with Crippen LogP contribution in [0.4, 0.5) is 8.78 Å². The molecular formula is C10H8F2N2O3. The molecular weight excluding hydrogens is 234 g/mol. The fourth-order valence-corrected chi connectivity index (χ4v) is 1.27. The number of nitriles is 1. The molecule has 1 rings (SSSR count). The van der Waals surface area contributed by atoms with E-state index in [2.05, 4.69) is 4.74 Å². The minimum atomic E-state index is -3.11. The highest BCUT2D eigenvalue weighted by Crippen LogP contribution is 2.24. The number of pyridine rings is 1. The molecule has 0 aromatic carbocycles. The lowest BCUT2D eigenvalue weighted by atomic mass is 10.1. The molecule has 5 nitrogen and oxygen atoms in total. The molecule has 90 valence electrons. The van der Waals surface area contributed by atoms with Crippen LogP contribution in [0.2, 0.25) is 0 Å². The van der Waals surface area contributed by atoms with E-state index in [1.165, 1.54) is 13.0 Å². The van der Waals surface area contributed by atoms with Gasteiger partial charge in [-0.05, 0) is 6.92 Å². The second kappa shape index (κ2) is 5.21. The van der Waals surface area contributed by atoms with Gasteiger partial charge in [0.15, 0.2) is 0 Å². The first-order valence-electron chi connectivity index (χ1n) is 4.63. The highest BCUT2D eigenvalue weighted by molar-refractivity contribution is 5.91. The van der Waals surface area contributed by atoms with Crippen molar-refractivity contribution >= 4 is 5.97 Å². The van der Waals surface area contributed by atoms with Crippen LogP contribution >= 0.6 is 0 Å². The predicted molar refractivity (Wildman–Crippen MR) is 52.7 cm³/mol. The van der Waals surface area contributed by atoms with Gasteiger partial charge >= 0.3 is 5.97 Å². The van der Waals surface area contributed by atoms with E-state index in [0.717, 1.165) is 6.20 Å². The predicted octanol–water partition coefficient (Wildman–Crippen LogP) is 1.36. The Kier molecular flexibility index (Phi) is 3.93. The van der Waals surface area contributed by atoms with Gasteiger partial charge in [0, 0.05) is 6.20 Å². The number of nitrogens with zero attached hydrogens (tertiary/aromatic N) is 1. The van der Waals surface area contributed by atoms with Crippen molar-refractivity contribution in [1.82, 2.24) is 4.98 Å². The molecule has 0 atom stereocenters. The Morgan fingerprint density at radius 1 is 1.65 bits per heavy atom. The zero-order valence-corrected chi connectivity index (χ0v) is 8.79. The maximum Gasteiger partial charge on any atom is 0.344 e. The van der Waals surface area contributed by atoms with Gasteiger partial charge in [0.2, 0.25) is 0 Å². The molecule has 7 heteroatoms. The van der Waals surface area contributed by atoms with E-state index in [9.17, 15) is 18.4 Å². The minimum Gasteiger partial charge on any atom is -0.462 e. The Morgan fingerprint density at radius 2 is 2.29 bits per heavy atom. The molecule has 1 heterocycles. The van der Waals surface area contributed by atoms with Crippen molar-refractivity contribution < 1.29 is 18.3 Å². The van der Waals surface area contributed by atoms with Crippen LogP contribution in [0.1, 0.15) is 34.8 Å². The molecule has 0 bridgehead atoms. The number of nitrogens with one attached hydrogen (secondary N) is 1. The third-order valence-corrected chi connectivity index (χ3v) is 1.95. The van der Waals surface area contributed by atoms with E-state index in [4.69, 9.17) is 5.26 Å². The van der Waals surface area contributed by atoms with Crippen molar-refractivity contribution in [3.05, 3.63) is 33.2 Å². The summed E-state index contributed by atoms with van der Waals surface area (Å²) in [5.41, 5.74) is -3.17. The molecule has 0 spiro atoms. The van der Waals surface area contributed by atoms with Crippen LogP contribution in [0.25, 0.3) is 0 Å². The van der Waals surface area contributed by atoms with Crippen LogP contribution in [0, 0.1) is 11.3 Å². The Hall–Kier alpha value is -2.23. The Morgan fingerprint density at radius 3 is 2.76 bits per heavy atom. The molecule has 0 aliphatic rings. The SMILES string of the molecule is CCOC(=O)c1c(C(F)F)c(C#N)c[nH]c1=O. The molecule has 0 unspecified atom stereocenters. The number of esters is 1. The van der Waals surface area contributed by atoms with Gasteiger partial charge in [-0.15, -0.1) is 0 Å². The van der Waals surface area contributed by atoms with Crippen molar-refractivity contribution in [1.29, 1.82) is 5.26 Å². The van der Waals surface area contributed by atoms with Gasteiger partial charge in [0.1, 0.15) is 11.6 Å². The number of carbonyl (C=O) groups excluding carboxylic acids is 1. The van der Waals surface area contributed by atoms with Gasteiger partial charge in [-0.1, -0.05) is 0 Å². The van der Waals surface area contributed by atoms with E-state index in [1.54, 1.807) is 0 Å². The Balaban J connectivity index is 3.51. The van der Waals surface area contributed by atoms with E-state index in [1.807, 2.05) is 4.98 Å². The summed E-state index contributed by atoms with van der Waals surface area (Å²) in [6, 6.07) is 1.48. The van der Waals surface area contributed by atoms with Crippen molar-refractivity contribution in [2.45, 2.75) is 13.3 Å².